The van der Waals surface area contributed by atoms with Crippen molar-refractivity contribution in [2.24, 2.45) is 0 Å². The SMILES string of the molecule is COC(=O)c1sc(NC(=O)c2ccc(Cn3cc(Br)c([N+](=O)[O-])n3)o2)c(C(=O)OC)c1C. The van der Waals surface area contributed by atoms with E-state index in [9.17, 15) is 24.5 Å². The topological polar surface area (TPSA) is 156 Å². The van der Waals surface area contributed by atoms with Crippen LogP contribution >= 0.6 is 27.3 Å². The van der Waals surface area contributed by atoms with Crippen LogP contribution in [0.3, 0.4) is 0 Å². The Labute approximate surface area is 192 Å². The number of hydrogen-bond donors (Lipinski definition) is 1. The van der Waals surface area contributed by atoms with Gasteiger partial charge >= 0.3 is 17.8 Å². The van der Waals surface area contributed by atoms with E-state index in [-0.39, 0.29) is 38.0 Å². The molecule has 0 atom stereocenters. The van der Waals surface area contributed by atoms with Crippen LogP contribution in [0.5, 0.6) is 0 Å². The van der Waals surface area contributed by atoms with E-state index in [1.165, 1.54) is 44.2 Å². The Morgan fingerprint density at radius 1 is 1.28 bits per heavy atom. The highest BCUT2D eigenvalue weighted by Gasteiger charge is 2.27. The van der Waals surface area contributed by atoms with Crippen molar-refractivity contribution in [3.05, 3.63) is 60.4 Å². The van der Waals surface area contributed by atoms with E-state index in [4.69, 9.17) is 13.9 Å². The van der Waals surface area contributed by atoms with Gasteiger partial charge < -0.3 is 29.3 Å². The highest BCUT2D eigenvalue weighted by molar-refractivity contribution is 9.10. The second-order valence-corrected chi connectivity index (χ2v) is 8.09. The maximum absolute atomic E-state index is 12.7. The first-order valence-electron chi connectivity index (χ1n) is 8.73. The van der Waals surface area contributed by atoms with E-state index in [2.05, 4.69) is 26.3 Å². The number of ether oxygens (including phenoxy) is 2. The van der Waals surface area contributed by atoms with Gasteiger partial charge in [-0.3, -0.25) is 4.79 Å². The van der Waals surface area contributed by atoms with Crippen LogP contribution in [0, 0.1) is 17.0 Å². The number of rotatable bonds is 7. The molecule has 0 aromatic carbocycles. The highest BCUT2D eigenvalue weighted by atomic mass is 79.9. The fraction of sp³-hybridized carbons (Fsp3) is 0.222. The molecular formula is C18H15BrN4O8S. The number of anilines is 1. The Balaban J connectivity index is 1.82. The van der Waals surface area contributed by atoms with E-state index < -0.39 is 22.8 Å². The maximum Gasteiger partial charge on any atom is 0.404 e. The summed E-state index contributed by atoms with van der Waals surface area (Å²) in [5, 5.41) is 17.4. The van der Waals surface area contributed by atoms with E-state index >= 15 is 0 Å². The standard InChI is InChI=1S/C18H15BrN4O8S/c1-8-12(17(25)29-2)16(32-13(8)18(26)30-3)20-15(24)11-5-4-9(31-11)6-22-7-10(19)14(21-22)23(27)28/h4-5,7H,6H2,1-3H3,(H,20,24). The molecule has 0 saturated heterocycles. The van der Waals surface area contributed by atoms with Crippen molar-refractivity contribution in [2.75, 3.05) is 19.5 Å². The van der Waals surface area contributed by atoms with E-state index in [0.717, 1.165) is 11.3 Å². The lowest BCUT2D eigenvalue weighted by Gasteiger charge is -2.04. The largest absolute Gasteiger partial charge is 0.465 e. The highest BCUT2D eigenvalue weighted by Crippen LogP contribution is 2.34. The third-order valence-electron chi connectivity index (χ3n) is 4.21. The number of furan rings is 1. The zero-order chi connectivity index (χ0) is 23.6. The number of nitro groups is 1. The van der Waals surface area contributed by atoms with Gasteiger partial charge in [0.25, 0.3) is 5.91 Å². The van der Waals surface area contributed by atoms with Crippen molar-refractivity contribution in [1.82, 2.24) is 9.78 Å². The molecule has 0 aliphatic rings. The molecule has 3 aromatic heterocycles. The predicted molar refractivity (Wildman–Crippen MR) is 114 cm³/mol. The first-order chi connectivity index (χ1) is 15.2. The van der Waals surface area contributed by atoms with Gasteiger partial charge in [0.1, 0.15) is 26.7 Å². The minimum absolute atomic E-state index is 0.0340. The molecule has 3 heterocycles. The number of amides is 1. The number of carbonyl (C=O) groups excluding carboxylic acids is 3. The predicted octanol–water partition coefficient (Wildman–Crippen LogP) is 3.39. The van der Waals surface area contributed by atoms with E-state index in [0.29, 0.717) is 11.3 Å². The van der Waals surface area contributed by atoms with Crippen molar-refractivity contribution in [3.8, 4) is 0 Å². The average molecular weight is 527 g/mol. The van der Waals surface area contributed by atoms with Gasteiger partial charge in [0.15, 0.2) is 5.76 Å². The molecule has 3 aromatic rings. The van der Waals surface area contributed by atoms with Crippen LogP contribution in [0.2, 0.25) is 0 Å². The van der Waals surface area contributed by atoms with Gasteiger partial charge in [0.05, 0.1) is 31.1 Å². The zero-order valence-electron chi connectivity index (χ0n) is 16.8. The molecule has 14 heteroatoms. The van der Waals surface area contributed by atoms with Gasteiger partial charge in [-0.05, 0) is 45.5 Å². The van der Waals surface area contributed by atoms with E-state index in [1.54, 1.807) is 0 Å². The van der Waals surface area contributed by atoms with E-state index in [1.807, 2.05) is 0 Å². The third-order valence-corrected chi connectivity index (χ3v) is 5.96. The molecule has 3 rings (SSSR count). The van der Waals surface area contributed by atoms with Crippen LogP contribution in [-0.4, -0.2) is 46.8 Å². The molecule has 0 aliphatic heterocycles. The summed E-state index contributed by atoms with van der Waals surface area (Å²) in [5.74, 6) is -2.17. The Kier molecular flexibility index (Phi) is 6.74. The van der Waals surface area contributed by atoms with Crippen LogP contribution in [0.1, 0.15) is 41.9 Å². The van der Waals surface area contributed by atoms with Crippen LogP contribution in [-0.2, 0) is 16.0 Å². The number of carbonyl (C=O) groups is 3. The summed E-state index contributed by atoms with van der Waals surface area (Å²) in [4.78, 5) is 47.2. The average Bonchev–Trinajstić information content (AvgIpc) is 3.45. The van der Waals surface area contributed by atoms with Gasteiger partial charge in [-0.1, -0.05) is 0 Å². The molecule has 0 fully saturated rings. The van der Waals surface area contributed by atoms with Gasteiger partial charge in [-0.15, -0.1) is 11.3 Å². The lowest BCUT2D eigenvalue weighted by molar-refractivity contribution is -0.390. The lowest BCUT2D eigenvalue weighted by atomic mass is 10.1. The lowest BCUT2D eigenvalue weighted by Crippen LogP contribution is -2.13. The van der Waals surface area contributed by atoms with Gasteiger partial charge in [-0.25, -0.2) is 9.59 Å². The molecule has 0 saturated carbocycles. The fourth-order valence-corrected chi connectivity index (χ4v) is 4.31. The molecule has 0 spiro atoms. The molecular weight excluding hydrogens is 512 g/mol. The summed E-state index contributed by atoms with van der Waals surface area (Å²) in [6, 6.07) is 2.91. The van der Waals surface area contributed by atoms with Crippen molar-refractivity contribution in [1.29, 1.82) is 0 Å². The smallest absolute Gasteiger partial charge is 0.404 e. The summed E-state index contributed by atoms with van der Waals surface area (Å²) in [7, 11) is 2.38. The Morgan fingerprint density at radius 2 is 1.97 bits per heavy atom. The summed E-state index contributed by atoms with van der Waals surface area (Å²) < 4.78 is 16.4. The summed E-state index contributed by atoms with van der Waals surface area (Å²) in [6.45, 7) is 1.58. The third kappa shape index (κ3) is 4.55. The van der Waals surface area contributed by atoms with Gasteiger partial charge in [-0.2, -0.15) is 4.68 Å². The van der Waals surface area contributed by atoms with Gasteiger partial charge in [0, 0.05) is 0 Å². The summed E-state index contributed by atoms with van der Waals surface area (Å²) >= 11 is 3.92. The number of esters is 2. The number of nitrogens with zero attached hydrogens (tertiary/aromatic N) is 3. The second-order valence-electron chi connectivity index (χ2n) is 6.22. The second kappa shape index (κ2) is 9.32. The van der Waals surface area contributed by atoms with Crippen molar-refractivity contribution in [2.45, 2.75) is 13.5 Å². The minimum atomic E-state index is -0.727. The van der Waals surface area contributed by atoms with Crippen molar-refractivity contribution < 1.29 is 33.2 Å². The first kappa shape index (κ1) is 23.1. The van der Waals surface area contributed by atoms with Crippen LogP contribution < -0.4 is 5.32 Å². The van der Waals surface area contributed by atoms with Crippen molar-refractivity contribution >= 4 is 55.9 Å². The van der Waals surface area contributed by atoms with Crippen LogP contribution in [0.15, 0.2) is 27.2 Å². The van der Waals surface area contributed by atoms with Gasteiger partial charge in [0.2, 0.25) is 0 Å². The number of aromatic nitrogens is 2. The monoisotopic (exact) mass is 526 g/mol. The first-order valence-corrected chi connectivity index (χ1v) is 10.3. The Morgan fingerprint density at radius 3 is 2.56 bits per heavy atom. The molecule has 168 valence electrons. The quantitative estimate of drug-likeness (QED) is 0.276. The number of halogens is 1. The Bertz CT molecular complexity index is 1230. The summed E-state index contributed by atoms with van der Waals surface area (Å²) in [6.07, 6.45) is 1.41. The summed E-state index contributed by atoms with van der Waals surface area (Å²) in [5.41, 5.74) is 0.349. The maximum atomic E-state index is 12.7. The molecule has 0 radical (unpaired) electrons. The van der Waals surface area contributed by atoms with Crippen molar-refractivity contribution in [3.63, 3.8) is 0 Å². The number of thiophene rings is 1. The fourth-order valence-electron chi connectivity index (χ4n) is 2.74. The minimum Gasteiger partial charge on any atom is -0.465 e. The van der Waals surface area contributed by atoms with Crippen LogP contribution in [0.4, 0.5) is 10.8 Å². The molecule has 0 aliphatic carbocycles. The number of nitrogens with one attached hydrogen (secondary N) is 1. The molecule has 32 heavy (non-hydrogen) atoms. The molecule has 1 amide bonds. The Hall–Kier alpha value is -3.52. The zero-order valence-corrected chi connectivity index (χ0v) is 19.2. The molecule has 1 N–H and O–H groups in total. The van der Waals surface area contributed by atoms with Crippen LogP contribution in [0.25, 0.3) is 0 Å². The number of methoxy groups -OCH3 is 2. The molecule has 0 bridgehead atoms. The normalized spacial score (nSPS) is 10.6. The number of hydrogen-bond acceptors (Lipinski definition) is 10. The molecule has 0 unspecified atom stereocenters. The molecule has 12 nitrogen and oxygen atoms in total.